The molecule has 4 aromatic rings. The van der Waals surface area contributed by atoms with E-state index >= 15 is 0 Å². The van der Waals surface area contributed by atoms with Crippen LogP contribution < -0.4 is 20.2 Å². The van der Waals surface area contributed by atoms with Crippen molar-refractivity contribution in [2.45, 2.75) is 19.1 Å². The van der Waals surface area contributed by atoms with Gasteiger partial charge in [0.05, 0.1) is 25.3 Å². The van der Waals surface area contributed by atoms with Gasteiger partial charge in [-0.2, -0.15) is 13.2 Å². The molecule has 0 aliphatic heterocycles. The van der Waals surface area contributed by atoms with E-state index in [-0.39, 0.29) is 35.0 Å². The molecule has 1 N–H and O–H groups in total. The van der Waals surface area contributed by atoms with Gasteiger partial charge >= 0.3 is 12.1 Å². The van der Waals surface area contributed by atoms with Crippen LogP contribution in [0.4, 0.5) is 13.2 Å². The Kier molecular flexibility index (Phi) is 8.49. The molecular weight excluding hydrogens is 525 g/mol. The first-order valence-corrected chi connectivity index (χ1v) is 12.5. The highest BCUT2D eigenvalue weighted by Crippen LogP contribution is 2.36. The number of carbonyl (C=O) groups is 1. The highest BCUT2D eigenvalue weighted by Gasteiger charge is 2.31. The third-order valence-corrected chi connectivity index (χ3v) is 6.63. The second-order valence-corrected chi connectivity index (χ2v) is 9.22. The Labute approximate surface area is 229 Å². The number of aryl methyl sites for hydroxylation is 1. The lowest BCUT2D eigenvalue weighted by Crippen LogP contribution is -2.24. The zero-order valence-corrected chi connectivity index (χ0v) is 22.5. The summed E-state index contributed by atoms with van der Waals surface area (Å²) in [5.74, 6) is 0.113. The molecule has 10 heteroatoms. The molecule has 1 aromatic heterocycles. The van der Waals surface area contributed by atoms with Gasteiger partial charge in [0.1, 0.15) is 23.8 Å². The summed E-state index contributed by atoms with van der Waals surface area (Å²) in [6, 6.07) is 16.9. The first-order valence-electron chi connectivity index (χ1n) is 12.5. The number of hydrogen-bond donors (Lipinski definition) is 1. The van der Waals surface area contributed by atoms with E-state index < -0.39 is 23.1 Å². The minimum atomic E-state index is -4.60. The minimum Gasteiger partial charge on any atom is -0.497 e. The number of ether oxygens (including phenoxy) is 3. The maximum absolute atomic E-state index is 13.8. The van der Waals surface area contributed by atoms with Crippen molar-refractivity contribution in [3.8, 4) is 22.6 Å². The van der Waals surface area contributed by atoms with E-state index in [1.165, 1.54) is 23.8 Å². The number of carbonyl (C=O) groups excluding carboxylic acids is 1. The molecule has 0 aliphatic carbocycles. The first kappa shape index (κ1) is 28.7. The minimum absolute atomic E-state index is 0.0318. The molecule has 0 spiro atoms. The molecule has 0 saturated carbocycles. The molecule has 0 saturated heterocycles. The Morgan fingerprint density at radius 2 is 1.75 bits per heavy atom. The standard InChI is InChI=1S/C30H29F3N2O5/c1-18(19-6-5-7-23(13-19)38-3)34-10-11-40-24-14-21(12-22(16-24)30(31,32)33)20-8-9-26-25(15-20)28(36)17-27(35(26)2)29(37)39-4/h5-9,12-18,34H,10-11H2,1-4H3. The first-order chi connectivity index (χ1) is 19.0. The van der Waals surface area contributed by atoms with Crippen molar-refractivity contribution in [1.29, 1.82) is 0 Å². The molecule has 4 rings (SSSR count). The van der Waals surface area contributed by atoms with Crippen molar-refractivity contribution >= 4 is 16.9 Å². The molecule has 0 bridgehead atoms. The van der Waals surface area contributed by atoms with Crippen LogP contribution in [0.25, 0.3) is 22.0 Å². The summed E-state index contributed by atoms with van der Waals surface area (Å²) in [5, 5.41) is 3.54. The molecule has 1 atom stereocenters. The smallest absolute Gasteiger partial charge is 0.416 e. The van der Waals surface area contributed by atoms with Crippen LogP contribution in [0.3, 0.4) is 0 Å². The average Bonchev–Trinajstić information content (AvgIpc) is 2.95. The van der Waals surface area contributed by atoms with Crippen molar-refractivity contribution in [2.24, 2.45) is 7.05 Å². The average molecular weight is 555 g/mol. The summed E-state index contributed by atoms with van der Waals surface area (Å²) in [4.78, 5) is 24.8. The normalized spacial score (nSPS) is 12.3. The van der Waals surface area contributed by atoms with E-state index in [2.05, 4.69) is 5.32 Å². The maximum Gasteiger partial charge on any atom is 0.416 e. The Morgan fingerprint density at radius 3 is 2.45 bits per heavy atom. The summed E-state index contributed by atoms with van der Waals surface area (Å²) in [5.41, 5.74) is 0.830. The van der Waals surface area contributed by atoms with Crippen LogP contribution in [0.1, 0.15) is 34.6 Å². The van der Waals surface area contributed by atoms with Crippen LogP contribution in [-0.4, -0.2) is 37.9 Å². The van der Waals surface area contributed by atoms with Gasteiger partial charge < -0.3 is 24.1 Å². The van der Waals surface area contributed by atoms with Crippen LogP contribution in [0.15, 0.2) is 71.5 Å². The SMILES string of the molecule is COC(=O)c1cc(=O)c2cc(-c3cc(OCCNC(C)c4cccc(OC)c4)cc(C(F)(F)F)c3)ccc2n1C. The van der Waals surface area contributed by atoms with Gasteiger partial charge in [0, 0.05) is 31.1 Å². The molecule has 1 heterocycles. The third-order valence-electron chi connectivity index (χ3n) is 6.63. The Morgan fingerprint density at radius 1 is 0.975 bits per heavy atom. The number of rotatable bonds is 9. The van der Waals surface area contributed by atoms with Crippen LogP contribution in [0.5, 0.6) is 11.5 Å². The molecule has 40 heavy (non-hydrogen) atoms. The number of halogens is 3. The highest BCUT2D eigenvalue weighted by molar-refractivity contribution is 5.93. The molecule has 0 radical (unpaired) electrons. The number of pyridine rings is 1. The second-order valence-electron chi connectivity index (χ2n) is 9.22. The number of esters is 1. The number of nitrogens with one attached hydrogen (secondary N) is 1. The van der Waals surface area contributed by atoms with E-state index in [4.69, 9.17) is 14.2 Å². The predicted octanol–water partition coefficient (Wildman–Crippen LogP) is 5.75. The summed E-state index contributed by atoms with van der Waals surface area (Å²) in [6.07, 6.45) is -4.60. The van der Waals surface area contributed by atoms with E-state index in [1.54, 1.807) is 26.3 Å². The number of benzene rings is 3. The van der Waals surface area contributed by atoms with Gasteiger partial charge in [-0.05, 0) is 66.1 Å². The number of hydrogen-bond acceptors (Lipinski definition) is 6. The lowest BCUT2D eigenvalue weighted by molar-refractivity contribution is -0.137. The van der Waals surface area contributed by atoms with Gasteiger partial charge in [0.25, 0.3) is 0 Å². The number of fused-ring (bicyclic) bond motifs is 1. The summed E-state index contributed by atoms with van der Waals surface area (Å²) in [7, 11) is 4.41. The van der Waals surface area contributed by atoms with E-state index in [0.717, 1.165) is 29.5 Å². The van der Waals surface area contributed by atoms with Crippen LogP contribution >= 0.6 is 0 Å². The predicted molar refractivity (Wildman–Crippen MR) is 146 cm³/mol. The molecular formula is C30H29F3N2O5. The lowest BCUT2D eigenvalue weighted by atomic mass is 10.00. The van der Waals surface area contributed by atoms with Crippen molar-refractivity contribution in [2.75, 3.05) is 27.4 Å². The fraction of sp³-hybridized carbons (Fsp3) is 0.267. The molecule has 0 amide bonds. The zero-order chi connectivity index (χ0) is 29.0. The fourth-order valence-electron chi connectivity index (χ4n) is 4.42. The molecule has 0 fully saturated rings. The number of alkyl halides is 3. The van der Waals surface area contributed by atoms with Gasteiger partial charge in [-0.3, -0.25) is 4.79 Å². The monoisotopic (exact) mass is 554 g/mol. The van der Waals surface area contributed by atoms with Gasteiger partial charge in [0.2, 0.25) is 0 Å². The van der Waals surface area contributed by atoms with Gasteiger partial charge in [-0.25, -0.2) is 4.79 Å². The van der Waals surface area contributed by atoms with Gasteiger partial charge in [0.15, 0.2) is 5.43 Å². The Bertz CT molecular complexity index is 1600. The number of aromatic nitrogens is 1. The van der Waals surface area contributed by atoms with Crippen molar-refractivity contribution in [1.82, 2.24) is 9.88 Å². The lowest BCUT2D eigenvalue weighted by Gasteiger charge is -2.17. The summed E-state index contributed by atoms with van der Waals surface area (Å²) in [6.45, 7) is 2.48. The molecule has 3 aromatic carbocycles. The maximum atomic E-state index is 13.8. The van der Waals surface area contributed by atoms with Crippen LogP contribution in [0.2, 0.25) is 0 Å². The fourth-order valence-corrected chi connectivity index (χ4v) is 4.42. The van der Waals surface area contributed by atoms with Gasteiger partial charge in [-0.15, -0.1) is 0 Å². The van der Waals surface area contributed by atoms with E-state index in [1.807, 2.05) is 31.2 Å². The molecule has 1 unspecified atom stereocenters. The summed E-state index contributed by atoms with van der Waals surface area (Å²) >= 11 is 0. The van der Waals surface area contributed by atoms with E-state index in [9.17, 15) is 22.8 Å². The number of methoxy groups -OCH3 is 2. The Hall–Kier alpha value is -4.31. The van der Waals surface area contributed by atoms with Crippen molar-refractivity contribution in [3.05, 3.63) is 93.8 Å². The van der Waals surface area contributed by atoms with Crippen LogP contribution in [0, 0.1) is 0 Å². The van der Waals surface area contributed by atoms with Crippen molar-refractivity contribution in [3.63, 3.8) is 0 Å². The third kappa shape index (κ3) is 6.28. The second kappa shape index (κ2) is 11.8. The largest absolute Gasteiger partial charge is 0.497 e. The molecule has 0 aliphatic rings. The van der Waals surface area contributed by atoms with E-state index in [0.29, 0.717) is 17.6 Å². The van der Waals surface area contributed by atoms with Crippen LogP contribution in [-0.2, 0) is 18.0 Å². The van der Waals surface area contributed by atoms with Crippen molar-refractivity contribution < 1.29 is 32.2 Å². The molecule has 210 valence electrons. The Balaban J connectivity index is 1.58. The van der Waals surface area contributed by atoms with Gasteiger partial charge in [-0.1, -0.05) is 18.2 Å². The highest BCUT2D eigenvalue weighted by atomic mass is 19.4. The zero-order valence-electron chi connectivity index (χ0n) is 22.5. The quantitative estimate of drug-likeness (QED) is 0.210. The number of nitrogens with zero attached hydrogens (tertiary/aromatic N) is 1. The topological polar surface area (TPSA) is 78.8 Å². The molecule has 7 nitrogen and oxygen atoms in total. The summed E-state index contributed by atoms with van der Waals surface area (Å²) < 4.78 is 58.5.